The Labute approximate surface area is 383 Å². The standard InChI is InChI=1S/C15H20F14N2O3S.C15H20F14N2O2S.H2O2/c1-31(2,32)6-3-5-30-35(33,34)7-4-9(11(17,14(24,25)26)15(27,28)29)8-10(16,12(18,19)20)13(21,22)23;1-31(2)6-3-5-30-34(32,33)7-4-9(11(17,14(24,25)26)15(27,28)29)8-10(16,12(18,19)20)13(21,22)23;1-2/h9,30H,3-8H2,1-2H3;9,30H,3-8H2,1-2H3;1-2H. The summed E-state index contributed by atoms with van der Waals surface area (Å²) in [7, 11) is -4.62. The van der Waals surface area contributed by atoms with E-state index in [1.807, 2.05) is 0 Å². The zero-order valence-electron chi connectivity index (χ0n) is 35.9. The smallest absolute Gasteiger partial charge is 0.431 e. The van der Waals surface area contributed by atoms with Crippen molar-refractivity contribution in [3.05, 3.63) is 5.21 Å². The largest absolute Gasteiger partial charge is 0.633 e. The first-order valence-electron chi connectivity index (χ1n) is 18.4. The average molecular weight is 1170 g/mol. The molecule has 0 aliphatic heterocycles. The van der Waals surface area contributed by atoms with Crippen LogP contribution in [0.3, 0.4) is 0 Å². The maximum absolute atomic E-state index is 14.4. The summed E-state index contributed by atoms with van der Waals surface area (Å²) in [5.41, 5.74) is -27.1. The Balaban J connectivity index is -0.00000126. The van der Waals surface area contributed by atoms with Crippen LogP contribution in [0.15, 0.2) is 0 Å². The fourth-order valence-corrected chi connectivity index (χ4v) is 8.03. The minimum Gasteiger partial charge on any atom is -0.633 e. The van der Waals surface area contributed by atoms with Crippen LogP contribution in [-0.4, -0.2) is 175 Å². The number of rotatable bonds is 22. The Bertz CT molecular complexity index is 1760. The summed E-state index contributed by atoms with van der Waals surface area (Å²) in [5, 5.41) is 23.3. The van der Waals surface area contributed by atoms with E-state index in [1.165, 1.54) is 9.62 Å². The summed E-state index contributed by atoms with van der Waals surface area (Å²) in [6.07, 6.45) is -69.8. The second-order valence-electron chi connectivity index (χ2n) is 15.6. The fraction of sp³-hybridized carbons (Fsp3) is 1.00. The number of alkyl halides is 28. The summed E-state index contributed by atoms with van der Waals surface area (Å²) in [6.45, 7) is -1.16. The molecule has 0 rings (SSSR count). The van der Waals surface area contributed by atoms with Crippen LogP contribution in [0, 0.1) is 17.0 Å². The van der Waals surface area contributed by atoms with E-state index in [-0.39, 0.29) is 25.9 Å². The highest BCUT2D eigenvalue weighted by Crippen LogP contribution is 2.60. The van der Waals surface area contributed by atoms with E-state index in [2.05, 4.69) is 0 Å². The minimum atomic E-state index is -7.21. The van der Waals surface area contributed by atoms with Crippen LogP contribution in [-0.2, 0) is 20.0 Å². The number of sulfonamides is 2. The number of hydrogen-bond donors (Lipinski definition) is 4. The molecule has 2 unspecified atom stereocenters. The number of nitrogens with zero attached hydrogens (tertiary/aromatic N) is 2. The van der Waals surface area contributed by atoms with E-state index in [0.717, 1.165) is 14.1 Å². The van der Waals surface area contributed by atoms with Crippen molar-refractivity contribution in [2.75, 3.05) is 65.9 Å². The van der Waals surface area contributed by atoms with Crippen molar-refractivity contribution >= 4 is 20.0 Å². The van der Waals surface area contributed by atoms with Crippen molar-refractivity contribution in [1.29, 1.82) is 0 Å². The zero-order valence-corrected chi connectivity index (χ0v) is 37.5. The lowest BCUT2D eigenvalue weighted by molar-refractivity contribution is -0.840. The van der Waals surface area contributed by atoms with Gasteiger partial charge in [-0.25, -0.2) is 43.8 Å². The number of halogens is 28. The van der Waals surface area contributed by atoms with Crippen molar-refractivity contribution in [3.8, 4) is 0 Å². The molecule has 0 fully saturated rings. The Morgan fingerprint density at radius 2 is 0.704 bits per heavy atom. The Kier molecular flexibility index (Phi) is 25.2. The summed E-state index contributed by atoms with van der Waals surface area (Å²) in [5.74, 6) is -13.0. The molecule has 0 aliphatic carbocycles. The van der Waals surface area contributed by atoms with Gasteiger partial charge in [-0.15, -0.1) is 0 Å². The lowest BCUT2D eigenvalue weighted by Gasteiger charge is -2.40. The van der Waals surface area contributed by atoms with Crippen molar-refractivity contribution < 1.29 is 155 Å². The van der Waals surface area contributed by atoms with Crippen LogP contribution in [0.4, 0.5) is 123 Å². The molecule has 0 heterocycles. The van der Waals surface area contributed by atoms with Crippen LogP contribution in [0.2, 0.25) is 0 Å². The van der Waals surface area contributed by atoms with Gasteiger partial charge in [-0.05, 0) is 39.9 Å². The monoisotopic (exact) mass is 1170 g/mol. The molecule has 0 aromatic carbocycles. The number of hydroxylamine groups is 3. The predicted octanol–water partition coefficient (Wildman–Crippen LogP) is 9.87. The topological polar surface area (TPSA) is 159 Å². The highest BCUT2D eigenvalue weighted by molar-refractivity contribution is 7.89. The van der Waals surface area contributed by atoms with Crippen LogP contribution in [0.5, 0.6) is 0 Å². The number of quaternary nitrogens is 1. The van der Waals surface area contributed by atoms with Crippen molar-refractivity contribution in [1.82, 2.24) is 14.3 Å². The van der Waals surface area contributed by atoms with E-state index >= 15 is 0 Å². The SMILES string of the molecule is CN(C)CCCNS(=O)(=O)CCC(CC(F)(C(F)(F)F)C(F)(F)F)C(F)(C(F)(F)F)C(F)(F)F.C[N+](C)([O-])CCCNS(=O)(=O)CCC(CC(F)(C(F)(F)F)C(F)(F)F)C(F)(C(F)(F)F)C(F)(F)F.OO. The predicted molar refractivity (Wildman–Crippen MR) is 186 cm³/mol. The van der Waals surface area contributed by atoms with E-state index in [4.69, 9.17) is 10.5 Å². The highest BCUT2D eigenvalue weighted by atomic mass is 32.2. The number of nitrogens with one attached hydrogen (secondary N) is 2. The second-order valence-corrected chi connectivity index (χ2v) is 19.5. The third-order valence-electron chi connectivity index (χ3n) is 9.40. The van der Waals surface area contributed by atoms with Gasteiger partial charge in [0.25, 0.3) is 11.3 Å². The first kappa shape index (κ1) is 72.9. The quantitative estimate of drug-likeness (QED) is 0.0274. The van der Waals surface area contributed by atoms with E-state index in [9.17, 15) is 145 Å². The summed E-state index contributed by atoms with van der Waals surface area (Å²) < 4.78 is 416. The van der Waals surface area contributed by atoms with E-state index in [1.54, 1.807) is 18.8 Å². The van der Waals surface area contributed by atoms with Gasteiger partial charge in [0.15, 0.2) is 0 Å². The maximum atomic E-state index is 14.4. The fourth-order valence-electron chi connectivity index (χ4n) is 5.64. The molecule has 0 saturated heterocycles. The normalized spacial score (nSPS) is 16.0. The van der Waals surface area contributed by atoms with Gasteiger partial charge in [0.1, 0.15) is 0 Å². The molecule has 432 valence electrons. The molecule has 0 bridgehead atoms. The van der Waals surface area contributed by atoms with Gasteiger partial charge in [0, 0.05) is 44.2 Å². The van der Waals surface area contributed by atoms with Gasteiger partial charge in [-0.2, -0.15) is 105 Å². The molecule has 4 N–H and O–H groups in total. The lowest BCUT2D eigenvalue weighted by Crippen LogP contribution is -2.62. The van der Waals surface area contributed by atoms with Crippen molar-refractivity contribution in [2.24, 2.45) is 11.8 Å². The van der Waals surface area contributed by atoms with Gasteiger partial charge >= 0.3 is 60.7 Å². The Hall–Kier alpha value is -2.34. The molecule has 0 amide bonds. The summed E-state index contributed by atoms with van der Waals surface area (Å²) >= 11 is 0. The van der Waals surface area contributed by atoms with E-state index < -0.39 is 159 Å². The maximum Gasteiger partial charge on any atom is 0.431 e. The van der Waals surface area contributed by atoms with Crippen molar-refractivity contribution in [2.45, 2.75) is 111 Å². The molecule has 0 aromatic heterocycles. The third kappa shape index (κ3) is 20.0. The van der Waals surface area contributed by atoms with Gasteiger partial charge in [-0.1, -0.05) is 0 Å². The molecular formula is C30H42F28N4O7S2. The molecule has 0 spiro atoms. The van der Waals surface area contributed by atoms with Gasteiger partial charge in [-0.3, -0.25) is 10.5 Å². The van der Waals surface area contributed by atoms with Crippen LogP contribution < -0.4 is 9.44 Å². The minimum absolute atomic E-state index is 0.0313. The highest BCUT2D eigenvalue weighted by Gasteiger charge is 2.82. The molecule has 2 atom stereocenters. The van der Waals surface area contributed by atoms with Crippen LogP contribution in [0.1, 0.15) is 38.5 Å². The molecule has 41 heteroatoms. The molecular weight excluding hydrogens is 1120 g/mol. The Morgan fingerprint density at radius 3 is 0.901 bits per heavy atom. The lowest BCUT2D eigenvalue weighted by atomic mass is 9.77. The van der Waals surface area contributed by atoms with Gasteiger partial charge in [0.2, 0.25) is 20.0 Å². The second kappa shape index (κ2) is 24.6. The van der Waals surface area contributed by atoms with Crippen LogP contribution >= 0.6 is 0 Å². The first-order chi connectivity index (χ1) is 30.7. The summed E-state index contributed by atoms with van der Waals surface area (Å²) in [4.78, 5) is 1.53. The van der Waals surface area contributed by atoms with Gasteiger partial charge in [0.05, 0.1) is 32.1 Å². The molecule has 11 nitrogen and oxygen atoms in total. The molecule has 0 aromatic rings. The molecule has 0 aliphatic rings. The van der Waals surface area contributed by atoms with E-state index in [0.29, 0.717) is 0 Å². The van der Waals surface area contributed by atoms with Crippen molar-refractivity contribution in [3.63, 3.8) is 0 Å². The number of hydrogen-bond acceptors (Lipinski definition) is 8. The third-order valence-corrected chi connectivity index (χ3v) is 12.2. The van der Waals surface area contributed by atoms with Gasteiger partial charge < -0.3 is 14.8 Å². The average Bonchev–Trinajstić information content (AvgIpc) is 3.11. The molecule has 71 heavy (non-hydrogen) atoms. The Morgan fingerprint density at radius 1 is 0.465 bits per heavy atom. The molecule has 0 saturated carbocycles. The molecule has 0 radical (unpaired) electrons. The summed E-state index contributed by atoms with van der Waals surface area (Å²) in [6, 6.07) is 0. The van der Waals surface area contributed by atoms with Crippen LogP contribution in [0.25, 0.3) is 0 Å². The zero-order chi connectivity index (χ0) is 58.1. The first-order valence-corrected chi connectivity index (χ1v) is 21.7.